The van der Waals surface area contributed by atoms with Crippen LogP contribution >= 0.6 is 0 Å². The van der Waals surface area contributed by atoms with Crippen LogP contribution in [0.4, 0.5) is 17.1 Å². The molecule has 0 aliphatic carbocycles. The summed E-state index contributed by atoms with van der Waals surface area (Å²) in [5.41, 5.74) is 14.5. The molecule has 0 amide bonds. The first kappa shape index (κ1) is 37.7. The van der Waals surface area contributed by atoms with E-state index in [2.05, 4.69) is 190 Å². The number of nitrogens with zero attached hydrogens (tertiary/aromatic N) is 3. The Labute approximate surface area is 367 Å². The molecule has 0 atom stereocenters. The Morgan fingerprint density at radius 3 is 1.40 bits per heavy atom. The molecule has 0 aliphatic heterocycles. The van der Waals surface area contributed by atoms with Gasteiger partial charge in [0.1, 0.15) is 39.2 Å². The fourth-order valence-corrected chi connectivity index (χ4v) is 9.17. The summed E-state index contributed by atoms with van der Waals surface area (Å²) in [6.07, 6.45) is 0. The van der Waals surface area contributed by atoms with Crippen molar-refractivity contribution < 1.29 is 0 Å². The van der Waals surface area contributed by atoms with Crippen molar-refractivity contribution in [3.63, 3.8) is 0 Å². The molecular formula is C54H32B5N3. The number of para-hydroxylation sites is 4. The normalized spacial score (nSPS) is 11.5. The lowest BCUT2D eigenvalue weighted by Crippen LogP contribution is -2.55. The number of aromatic nitrogens is 2. The predicted octanol–water partition coefficient (Wildman–Crippen LogP) is 8.65. The quantitative estimate of drug-likeness (QED) is 0.148. The number of hydrogen-bond acceptors (Lipinski definition) is 1. The minimum Gasteiger partial charge on any atom is -0.310 e. The Bertz CT molecular complexity index is 3490. The van der Waals surface area contributed by atoms with E-state index in [1.54, 1.807) is 0 Å². The van der Waals surface area contributed by atoms with Gasteiger partial charge >= 0.3 is 0 Å². The highest BCUT2D eigenvalue weighted by Crippen LogP contribution is 2.42. The van der Waals surface area contributed by atoms with Crippen molar-refractivity contribution in [1.82, 2.24) is 9.13 Å². The average molecular weight is 777 g/mol. The first-order valence-electron chi connectivity index (χ1n) is 20.6. The molecule has 278 valence electrons. The molecule has 0 saturated carbocycles. The molecule has 0 N–H and O–H groups in total. The van der Waals surface area contributed by atoms with E-state index in [4.69, 9.17) is 39.2 Å². The second-order valence-corrected chi connectivity index (χ2v) is 15.7. The third-order valence-electron chi connectivity index (χ3n) is 12.2. The van der Waals surface area contributed by atoms with E-state index in [1.165, 1.54) is 21.7 Å². The predicted molar refractivity (Wildman–Crippen MR) is 268 cm³/mol. The smallest absolute Gasteiger partial charge is 0.113 e. The minimum absolute atomic E-state index is 0.191. The maximum atomic E-state index is 6.52. The van der Waals surface area contributed by atoms with E-state index < -0.39 is 0 Å². The molecule has 62 heavy (non-hydrogen) atoms. The summed E-state index contributed by atoms with van der Waals surface area (Å²) in [6, 6.07) is 68.6. The SMILES string of the molecule is [B]c1c([B])c([B])c(-c2ccc(N(c3cccc(-c4ccc5c6ccccc6n(-c6ccccc6)c5c4)c3)c3ccc4c(c3)c3ccccc3n4-c3ccccc3)cc2)c([B])c1[B]. The van der Waals surface area contributed by atoms with E-state index in [9.17, 15) is 0 Å². The van der Waals surface area contributed by atoms with E-state index in [1.807, 2.05) is 18.2 Å². The largest absolute Gasteiger partial charge is 0.310 e. The third-order valence-corrected chi connectivity index (χ3v) is 12.2. The van der Waals surface area contributed by atoms with Gasteiger partial charge < -0.3 is 14.0 Å². The van der Waals surface area contributed by atoms with Crippen LogP contribution in [-0.4, -0.2) is 48.4 Å². The summed E-state index contributed by atoms with van der Waals surface area (Å²) >= 11 is 0. The molecule has 2 aromatic heterocycles. The van der Waals surface area contributed by atoms with Crippen molar-refractivity contribution in [1.29, 1.82) is 0 Å². The van der Waals surface area contributed by atoms with Gasteiger partial charge in [0.25, 0.3) is 0 Å². The first-order valence-corrected chi connectivity index (χ1v) is 20.6. The van der Waals surface area contributed by atoms with Crippen LogP contribution in [0.25, 0.3) is 77.2 Å². The highest BCUT2D eigenvalue weighted by atomic mass is 15.1. The zero-order valence-electron chi connectivity index (χ0n) is 33.7. The molecule has 11 rings (SSSR count). The van der Waals surface area contributed by atoms with Crippen LogP contribution in [0.2, 0.25) is 0 Å². The molecule has 9 aromatic carbocycles. The molecule has 8 heteroatoms. The maximum absolute atomic E-state index is 6.52. The van der Waals surface area contributed by atoms with Crippen molar-refractivity contribution in [3.05, 3.63) is 194 Å². The molecule has 0 saturated heterocycles. The third kappa shape index (κ3) is 6.04. The maximum Gasteiger partial charge on any atom is 0.113 e. The van der Waals surface area contributed by atoms with Crippen LogP contribution < -0.4 is 32.2 Å². The topological polar surface area (TPSA) is 13.1 Å². The van der Waals surface area contributed by atoms with Crippen molar-refractivity contribution in [3.8, 4) is 33.6 Å². The number of fused-ring (bicyclic) bond motifs is 6. The molecule has 11 aromatic rings. The van der Waals surface area contributed by atoms with Gasteiger partial charge in [0, 0.05) is 50.0 Å². The summed E-state index contributed by atoms with van der Waals surface area (Å²) in [7, 11) is 31.8. The minimum atomic E-state index is 0.191. The zero-order valence-corrected chi connectivity index (χ0v) is 33.7. The van der Waals surface area contributed by atoms with Crippen LogP contribution in [-0.2, 0) is 0 Å². The van der Waals surface area contributed by atoms with E-state index >= 15 is 0 Å². The Kier molecular flexibility index (Phi) is 9.12. The van der Waals surface area contributed by atoms with Crippen LogP contribution in [0, 0.1) is 0 Å². The van der Waals surface area contributed by atoms with Crippen molar-refractivity contribution in [2.45, 2.75) is 0 Å². The van der Waals surface area contributed by atoms with Gasteiger partial charge in [-0.15, -0.1) is 16.4 Å². The van der Waals surface area contributed by atoms with E-state index in [0.717, 1.165) is 67.1 Å². The lowest BCUT2D eigenvalue weighted by atomic mass is 9.60. The highest BCUT2D eigenvalue weighted by molar-refractivity contribution is 6.68. The van der Waals surface area contributed by atoms with Gasteiger partial charge in [-0.3, -0.25) is 0 Å². The standard InChI is InChI=1S/C54H32B5N3/c55-50-49(51(56)53(58)54(59)52(50)57)33-22-25-38(26-23-33)60(40-27-29-47-44(32-40)42-19-8-10-21-46(42)61(47)36-13-3-1-4-14-36)39-17-11-12-34(30-39)35-24-28-43-41-18-7-9-20-45(41)62(48(43)31-35)37-15-5-2-6-16-37/h1-32H. The Morgan fingerprint density at radius 2 is 0.758 bits per heavy atom. The molecule has 0 aliphatic rings. The molecule has 0 unspecified atom stereocenters. The van der Waals surface area contributed by atoms with Crippen LogP contribution in [0.3, 0.4) is 0 Å². The average Bonchev–Trinajstić information content (AvgIpc) is 3.84. The Morgan fingerprint density at radius 1 is 0.290 bits per heavy atom. The van der Waals surface area contributed by atoms with Crippen LogP contribution in [0.1, 0.15) is 0 Å². The van der Waals surface area contributed by atoms with Gasteiger partial charge in [-0.2, -0.15) is 0 Å². The van der Waals surface area contributed by atoms with E-state index in [0.29, 0.717) is 16.5 Å². The number of hydrogen-bond donors (Lipinski definition) is 0. The first-order chi connectivity index (χ1) is 30.4. The van der Waals surface area contributed by atoms with Gasteiger partial charge in [0.15, 0.2) is 0 Å². The van der Waals surface area contributed by atoms with Gasteiger partial charge in [-0.1, -0.05) is 120 Å². The molecule has 3 nitrogen and oxygen atoms in total. The monoisotopic (exact) mass is 777 g/mol. The zero-order chi connectivity index (χ0) is 42.1. The fraction of sp³-hybridized carbons (Fsp3) is 0. The number of rotatable bonds is 7. The summed E-state index contributed by atoms with van der Waals surface area (Å²) in [5.74, 6) is 0. The van der Waals surface area contributed by atoms with Crippen molar-refractivity contribution >= 4 is 127 Å². The van der Waals surface area contributed by atoms with E-state index in [-0.39, 0.29) is 16.4 Å². The molecule has 10 radical (unpaired) electrons. The lowest BCUT2D eigenvalue weighted by Gasteiger charge is -2.27. The van der Waals surface area contributed by atoms with Crippen LogP contribution in [0.5, 0.6) is 0 Å². The summed E-state index contributed by atoms with van der Waals surface area (Å²) in [5, 5.41) is 4.74. The molecule has 2 heterocycles. The second kappa shape index (κ2) is 15.0. The van der Waals surface area contributed by atoms with Gasteiger partial charge in [0.2, 0.25) is 0 Å². The summed E-state index contributed by atoms with van der Waals surface area (Å²) in [6.45, 7) is 0. The fourth-order valence-electron chi connectivity index (χ4n) is 9.17. The van der Waals surface area contributed by atoms with Gasteiger partial charge in [-0.25, -0.2) is 0 Å². The summed E-state index contributed by atoms with van der Waals surface area (Å²) in [4.78, 5) is 2.29. The molecule has 0 fully saturated rings. The number of anilines is 3. The lowest BCUT2D eigenvalue weighted by molar-refractivity contribution is 1.18. The Hall–Kier alpha value is -7.30. The second-order valence-electron chi connectivity index (χ2n) is 15.7. The van der Waals surface area contributed by atoms with Gasteiger partial charge in [-0.05, 0) is 107 Å². The number of benzene rings is 9. The molecule has 0 bridgehead atoms. The van der Waals surface area contributed by atoms with Crippen molar-refractivity contribution in [2.24, 2.45) is 0 Å². The van der Waals surface area contributed by atoms with Gasteiger partial charge in [0.05, 0.1) is 22.1 Å². The van der Waals surface area contributed by atoms with Crippen LogP contribution in [0.15, 0.2) is 194 Å². The summed E-state index contributed by atoms with van der Waals surface area (Å²) < 4.78 is 4.69. The Balaban J connectivity index is 1.09. The van der Waals surface area contributed by atoms with Crippen molar-refractivity contribution in [2.75, 3.05) is 4.90 Å². The molecule has 0 spiro atoms. The molecular weight excluding hydrogens is 745 g/mol. The highest BCUT2D eigenvalue weighted by Gasteiger charge is 2.20.